The van der Waals surface area contributed by atoms with Gasteiger partial charge in [-0.25, -0.2) is 4.79 Å². The number of esters is 2. The molecule has 6 unspecified atom stereocenters. The number of rotatable bonds is 8. The largest absolute Gasteiger partial charge is 0.463 e. The number of ether oxygens (including phenoxy) is 3. The van der Waals surface area contributed by atoms with E-state index >= 15 is 0 Å². The minimum Gasteiger partial charge on any atom is -0.463 e. The number of methoxy groups -OCH3 is 1. The first-order chi connectivity index (χ1) is 20.3. The van der Waals surface area contributed by atoms with Crippen LogP contribution in [0.5, 0.6) is 0 Å². The Morgan fingerprint density at radius 3 is 2.47 bits per heavy atom. The van der Waals surface area contributed by atoms with Gasteiger partial charge in [0, 0.05) is 37.3 Å². The molecule has 0 aromatic carbocycles. The second kappa shape index (κ2) is 10.5. The van der Waals surface area contributed by atoms with Gasteiger partial charge in [0.05, 0.1) is 17.8 Å². The number of aliphatic hydroxyl groups excluding tert-OH is 1. The van der Waals surface area contributed by atoms with Gasteiger partial charge in [0.25, 0.3) is 0 Å². The number of nitrogens with zero attached hydrogens (tertiary/aromatic N) is 1. The second-order valence-corrected chi connectivity index (χ2v) is 16.1. The van der Waals surface area contributed by atoms with Crippen molar-refractivity contribution in [1.82, 2.24) is 4.98 Å². The molecular weight excluding hydrogens is 542 g/mol. The molecule has 238 valence electrons. The Morgan fingerprint density at radius 1 is 1.07 bits per heavy atom. The lowest BCUT2D eigenvalue weighted by Crippen LogP contribution is -2.60. The zero-order valence-electron chi connectivity index (χ0n) is 27.4. The van der Waals surface area contributed by atoms with Crippen molar-refractivity contribution in [2.75, 3.05) is 13.7 Å². The number of carbonyl (C=O) groups is 2. The summed E-state index contributed by atoms with van der Waals surface area (Å²) < 4.78 is 17.2. The topological polar surface area (TPSA) is 95.0 Å². The molecule has 0 amide bonds. The number of aromatic nitrogens is 1. The maximum atomic E-state index is 13.0. The lowest BCUT2D eigenvalue weighted by atomic mass is 9.41. The van der Waals surface area contributed by atoms with E-state index in [1.165, 1.54) is 19.8 Å². The van der Waals surface area contributed by atoms with Gasteiger partial charge in [-0.2, -0.15) is 0 Å². The third-order valence-electron chi connectivity index (χ3n) is 14.5. The van der Waals surface area contributed by atoms with Crippen LogP contribution in [0.25, 0.3) is 0 Å². The van der Waals surface area contributed by atoms with E-state index in [9.17, 15) is 14.7 Å². The van der Waals surface area contributed by atoms with E-state index in [2.05, 4.69) is 39.6 Å². The minimum absolute atomic E-state index is 0.0457. The molecule has 6 rings (SSSR count). The lowest BCUT2D eigenvalue weighted by Gasteiger charge is -2.63. The first kappa shape index (κ1) is 31.0. The van der Waals surface area contributed by atoms with Gasteiger partial charge in [0.15, 0.2) is 0 Å². The van der Waals surface area contributed by atoms with E-state index in [4.69, 9.17) is 14.2 Å². The van der Waals surface area contributed by atoms with Crippen molar-refractivity contribution >= 4 is 11.9 Å². The highest BCUT2D eigenvalue weighted by atomic mass is 16.6. The molecule has 11 atom stereocenters. The van der Waals surface area contributed by atoms with Crippen LogP contribution >= 0.6 is 0 Å². The van der Waals surface area contributed by atoms with E-state index in [1.54, 1.807) is 31.6 Å². The van der Waals surface area contributed by atoms with Crippen molar-refractivity contribution in [3.05, 3.63) is 30.1 Å². The third kappa shape index (κ3) is 4.37. The average molecular weight is 596 g/mol. The van der Waals surface area contributed by atoms with Crippen LogP contribution in [0.1, 0.15) is 110 Å². The average Bonchev–Trinajstić information content (AvgIpc) is 3.59. The van der Waals surface area contributed by atoms with Crippen LogP contribution in [0, 0.1) is 50.7 Å². The van der Waals surface area contributed by atoms with Crippen molar-refractivity contribution in [2.24, 2.45) is 50.7 Å². The zero-order valence-corrected chi connectivity index (χ0v) is 27.4. The second-order valence-electron chi connectivity index (χ2n) is 16.1. The number of aliphatic hydroxyl groups is 1. The molecule has 2 spiro atoms. The summed E-state index contributed by atoms with van der Waals surface area (Å²) in [5, 5.41) is 12.0. The summed E-state index contributed by atoms with van der Waals surface area (Å²) >= 11 is 0. The Morgan fingerprint density at radius 2 is 1.79 bits per heavy atom. The Bertz CT molecular complexity index is 1240. The third-order valence-corrected chi connectivity index (χ3v) is 14.5. The van der Waals surface area contributed by atoms with Crippen LogP contribution in [0.2, 0.25) is 0 Å². The fraction of sp³-hybridized carbons (Fsp3) is 0.806. The Hall–Kier alpha value is -1.99. The molecule has 5 aliphatic carbocycles. The van der Waals surface area contributed by atoms with Crippen LogP contribution < -0.4 is 0 Å². The molecule has 43 heavy (non-hydrogen) atoms. The predicted octanol–water partition coefficient (Wildman–Crippen LogP) is 6.62. The SMILES string of the molecule is COC(COC(C)=O)C[C@@H](C)[C@H]1C[C@H](O)[C@@]2(C)C3CC[C@H]4C(C)(C)C(OC(=O)c5cccnc5)CCC45CC35CCC12C. The monoisotopic (exact) mass is 595 g/mol. The molecule has 0 radical (unpaired) electrons. The van der Waals surface area contributed by atoms with E-state index in [0.717, 1.165) is 44.9 Å². The predicted molar refractivity (Wildman–Crippen MR) is 163 cm³/mol. The van der Waals surface area contributed by atoms with Crippen molar-refractivity contribution in [3.8, 4) is 0 Å². The van der Waals surface area contributed by atoms with Gasteiger partial charge in [-0.3, -0.25) is 9.78 Å². The van der Waals surface area contributed by atoms with Crippen molar-refractivity contribution in [3.63, 3.8) is 0 Å². The van der Waals surface area contributed by atoms with Gasteiger partial charge in [-0.05, 0) is 110 Å². The quantitative estimate of drug-likeness (QED) is 0.338. The van der Waals surface area contributed by atoms with Crippen LogP contribution in [0.3, 0.4) is 0 Å². The highest BCUT2D eigenvalue weighted by Gasteiger charge is 2.83. The zero-order chi connectivity index (χ0) is 31.0. The molecule has 7 heteroatoms. The van der Waals surface area contributed by atoms with Crippen LogP contribution in [-0.2, 0) is 19.0 Å². The normalized spacial score (nSPS) is 43.7. The first-order valence-corrected chi connectivity index (χ1v) is 16.7. The summed E-state index contributed by atoms with van der Waals surface area (Å²) in [6, 6.07) is 3.57. The van der Waals surface area contributed by atoms with Crippen LogP contribution in [-0.4, -0.2) is 54.1 Å². The smallest absolute Gasteiger partial charge is 0.339 e. The standard InChI is InChI=1S/C36H53NO6/c1-22(17-25(41-7)20-42-23(2)38)26-18-29(39)34(6)28-11-10-27-32(3,4)30(43-31(40)24-9-8-16-37-19-24)12-13-35(27)21-36(28,35)15-14-33(26,34)5/h8-9,16,19,22,25-30,39H,10-15,17-18,20-21H2,1-7H3/t22-,25?,26-,27+,28?,29+,30?,33?,34-,35?,36?/m1/s1. The van der Waals surface area contributed by atoms with E-state index in [1.807, 2.05) is 0 Å². The van der Waals surface area contributed by atoms with Gasteiger partial charge in [0.2, 0.25) is 0 Å². The molecule has 7 nitrogen and oxygen atoms in total. The maximum absolute atomic E-state index is 13.0. The van der Waals surface area contributed by atoms with Crippen LogP contribution in [0.15, 0.2) is 24.5 Å². The molecule has 5 fully saturated rings. The lowest BCUT2D eigenvalue weighted by molar-refractivity contribution is -0.182. The number of hydrogen-bond acceptors (Lipinski definition) is 7. The van der Waals surface area contributed by atoms with Gasteiger partial charge >= 0.3 is 11.9 Å². The highest BCUT2D eigenvalue weighted by molar-refractivity contribution is 5.89. The molecule has 1 N–H and O–H groups in total. The summed E-state index contributed by atoms with van der Waals surface area (Å²) in [4.78, 5) is 28.6. The van der Waals surface area contributed by atoms with Gasteiger partial charge in [0.1, 0.15) is 12.7 Å². The number of carbonyl (C=O) groups excluding carboxylic acids is 2. The molecule has 1 aromatic heterocycles. The van der Waals surface area contributed by atoms with E-state index in [0.29, 0.717) is 29.2 Å². The summed E-state index contributed by atoms with van der Waals surface area (Å²) in [5.41, 5.74) is 0.898. The van der Waals surface area contributed by atoms with Gasteiger partial charge in [-0.15, -0.1) is 0 Å². The molecule has 0 bridgehead atoms. The Kier molecular flexibility index (Phi) is 7.60. The fourth-order valence-electron chi connectivity index (χ4n) is 12.2. The fourth-order valence-corrected chi connectivity index (χ4v) is 12.2. The van der Waals surface area contributed by atoms with E-state index < -0.39 is 0 Å². The Balaban J connectivity index is 1.21. The summed E-state index contributed by atoms with van der Waals surface area (Å²) in [5.74, 6) is 1.23. The minimum atomic E-state index is -0.319. The van der Waals surface area contributed by atoms with Gasteiger partial charge < -0.3 is 19.3 Å². The molecular formula is C36H53NO6. The molecule has 5 aliphatic rings. The molecule has 0 aliphatic heterocycles. The van der Waals surface area contributed by atoms with Gasteiger partial charge in [-0.1, -0.05) is 34.6 Å². The molecule has 0 saturated heterocycles. The molecule has 5 saturated carbocycles. The van der Waals surface area contributed by atoms with Crippen molar-refractivity contribution < 1.29 is 28.9 Å². The number of pyridine rings is 1. The first-order valence-electron chi connectivity index (χ1n) is 16.7. The van der Waals surface area contributed by atoms with Crippen molar-refractivity contribution in [1.29, 1.82) is 0 Å². The summed E-state index contributed by atoms with van der Waals surface area (Å²) in [7, 11) is 1.70. The number of hydrogen-bond donors (Lipinski definition) is 1. The number of fused-ring (bicyclic) bond motifs is 2. The highest BCUT2D eigenvalue weighted by Crippen LogP contribution is 2.89. The van der Waals surface area contributed by atoms with Crippen LogP contribution in [0.4, 0.5) is 0 Å². The maximum Gasteiger partial charge on any atom is 0.339 e. The van der Waals surface area contributed by atoms with Crippen molar-refractivity contribution in [2.45, 2.75) is 118 Å². The summed E-state index contributed by atoms with van der Waals surface area (Å²) in [6.45, 7) is 13.6. The molecule has 1 aromatic rings. The molecule has 1 heterocycles. The van der Waals surface area contributed by atoms with E-state index in [-0.39, 0.29) is 63.9 Å². The summed E-state index contributed by atoms with van der Waals surface area (Å²) in [6.07, 6.45) is 12.3. The Labute approximate surface area is 257 Å².